The Kier molecular flexibility index (Phi) is 42.5. The van der Waals surface area contributed by atoms with Crippen LogP contribution in [0.1, 0.15) is 26.2 Å². The van der Waals surface area contributed by atoms with Crippen molar-refractivity contribution in [3.05, 3.63) is 6.92 Å². The maximum Gasteiger partial charge on any atom is 2.00 e. The molecule has 0 radical (unpaired) electrons. The third-order valence-electron chi connectivity index (χ3n) is 0.604. The van der Waals surface area contributed by atoms with Crippen LogP contribution in [0.5, 0.6) is 0 Å². The molecule has 0 bridgehead atoms. The Morgan fingerprint density at radius 1 is 1.67 bits per heavy atom. The summed E-state index contributed by atoms with van der Waals surface area (Å²) in [4.78, 5) is 6.99. The fourth-order valence-electron chi connectivity index (χ4n) is 0.250. The van der Waals surface area contributed by atoms with Crippen molar-refractivity contribution < 1.29 is 26.5 Å². The monoisotopic (exact) mass is 191 g/mol. The molecular formula is C5H12FeO2P+. The van der Waals surface area contributed by atoms with Gasteiger partial charge in [0.1, 0.15) is 0 Å². The topological polar surface area (TPSA) is 37.3 Å². The normalized spacial score (nSPS) is 7.00. The summed E-state index contributed by atoms with van der Waals surface area (Å²) in [6.07, 6.45) is 3.65. The molecule has 0 fully saturated rings. The minimum atomic E-state index is -0.833. The van der Waals surface area contributed by atoms with Gasteiger partial charge in [-0.25, -0.2) is 4.57 Å². The van der Waals surface area contributed by atoms with Gasteiger partial charge in [0.15, 0.2) is 0 Å². The van der Waals surface area contributed by atoms with Crippen LogP contribution in [-0.2, 0) is 21.6 Å². The van der Waals surface area contributed by atoms with Gasteiger partial charge in [-0.3, -0.25) is 0 Å². The second-order valence-corrected chi connectivity index (χ2v) is 1.45. The van der Waals surface area contributed by atoms with Crippen LogP contribution in [0.2, 0.25) is 0 Å². The first kappa shape index (κ1) is 16.3. The molecule has 0 aliphatic carbocycles. The molecule has 0 rings (SSSR count). The Morgan fingerprint density at radius 2 is 2.00 bits per heavy atom. The Balaban J connectivity index is -0.0000000800. The summed E-state index contributed by atoms with van der Waals surface area (Å²) in [5, 5.41) is 0. The fourth-order valence-corrected chi connectivity index (χ4v) is 0.250. The summed E-state index contributed by atoms with van der Waals surface area (Å²) < 4.78 is 8.46. The van der Waals surface area contributed by atoms with Crippen molar-refractivity contribution in [2.45, 2.75) is 26.2 Å². The molecule has 0 saturated carbocycles. The molecule has 0 aromatic carbocycles. The molecule has 0 heterocycles. The van der Waals surface area contributed by atoms with E-state index in [-0.39, 0.29) is 17.1 Å². The molecule has 4 heteroatoms. The van der Waals surface area contributed by atoms with Gasteiger partial charge in [-0.05, 0) is 0 Å². The summed E-state index contributed by atoms with van der Waals surface area (Å²) in [7, 11) is -0.833. The van der Waals surface area contributed by atoms with E-state index in [1.807, 2.05) is 0 Å². The van der Waals surface area contributed by atoms with E-state index in [1.165, 1.54) is 12.8 Å². The zero-order valence-corrected chi connectivity index (χ0v) is 7.48. The zero-order chi connectivity index (χ0) is 6.83. The van der Waals surface area contributed by atoms with Crippen LogP contribution in [0.25, 0.3) is 0 Å². The minimum absolute atomic E-state index is 0. The van der Waals surface area contributed by atoms with Gasteiger partial charge in [0.2, 0.25) is 0 Å². The van der Waals surface area contributed by atoms with Gasteiger partial charge in [0, 0.05) is 0 Å². The Bertz CT molecular complexity index is 41.9. The van der Waals surface area contributed by atoms with Gasteiger partial charge in [0.25, 0.3) is 0 Å². The third-order valence-corrected chi connectivity index (χ3v) is 0.604. The molecule has 0 spiro atoms. The minimum Gasteiger partial charge on any atom is -0.343 e. The second kappa shape index (κ2) is 23.5. The van der Waals surface area contributed by atoms with Crippen molar-refractivity contribution in [2.24, 2.45) is 0 Å². The van der Waals surface area contributed by atoms with Crippen LogP contribution in [-0.4, -0.2) is 4.89 Å². The number of rotatable bonds is 2. The molecule has 0 aromatic rings. The summed E-state index contributed by atoms with van der Waals surface area (Å²) in [5.74, 6) is 0. The third kappa shape index (κ3) is 55.8. The number of hydrogen-bond donors (Lipinski definition) is 1. The summed E-state index contributed by atoms with van der Waals surface area (Å²) in [5.41, 5.74) is 0. The van der Waals surface area contributed by atoms with E-state index in [4.69, 9.17) is 9.46 Å². The van der Waals surface area contributed by atoms with Crippen LogP contribution < -0.4 is 0 Å². The predicted molar refractivity (Wildman–Crippen MR) is 34.7 cm³/mol. The summed E-state index contributed by atoms with van der Waals surface area (Å²) >= 11 is 0. The molecule has 9 heavy (non-hydrogen) atoms. The van der Waals surface area contributed by atoms with Gasteiger partial charge >= 0.3 is 25.8 Å². The largest absolute Gasteiger partial charge is 2.00 e. The Hall–Kier alpha value is 0.579. The SMILES string of the molecule is O=PO.[CH2-]CCCC.[Fe+2]. The maximum atomic E-state index is 8.46. The molecule has 0 aliphatic heterocycles. The first-order valence-corrected chi connectivity index (χ1v) is 3.35. The van der Waals surface area contributed by atoms with Crippen molar-refractivity contribution in [3.8, 4) is 0 Å². The molecule has 0 amide bonds. The van der Waals surface area contributed by atoms with E-state index in [1.54, 1.807) is 0 Å². The van der Waals surface area contributed by atoms with Gasteiger partial charge in [-0.1, -0.05) is 19.8 Å². The van der Waals surface area contributed by atoms with Crippen molar-refractivity contribution >= 4 is 8.69 Å². The van der Waals surface area contributed by atoms with E-state index in [0.717, 1.165) is 6.42 Å². The van der Waals surface area contributed by atoms with E-state index in [9.17, 15) is 0 Å². The van der Waals surface area contributed by atoms with Crippen molar-refractivity contribution in [3.63, 3.8) is 0 Å². The van der Waals surface area contributed by atoms with Crippen LogP contribution in [0.15, 0.2) is 0 Å². The van der Waals surface area contributed by atoms with Crippen LogP contribution >= 0.6 is 8.69 Å². The average molecular weight is 191 g/mol. The fraction of sp³-hybridized carbons (Fsp3) is 0.800. The van der Waals surface area contributed by atoms with Gasteiger partial charge in [-0.2, -0.15) is 6.42 Å². The first-order chi connectivity index (χ1) is 3.83. The summed E-state index contributed by atoms with van der Waals surface area (Å²) in [6, 6.07) is 0. The predicted octanol–water partition coefficient (Wildman–Crippen LogP) is 2.19. The number of unbranched alkanes of at least 4 members (excludes halogenated alkanes) is 2. The number of hydrogen-bond acceptors (Lipinski definition) is 1. The Morgan fingerprint density at radius 3 is 2.00 bits per heavy atom. The van der Waals surface area contributed by atoms with E-state index in [0.29, 0.717) is 0 Å². The van der Waals surface area contributed by atoms with Crippen molar-refractivity contribution in [1.29, 1.82) is 0 Å². The molecule has 0 saturated heterocycles. The molecule has 0 aliphatic rings. The molecule has 2 nitrogen and oxygen atoms in total. The van der Waals surface area contributed by atoms with Crippen LogP contribution in [0, 0.1) is 6.92 Å². The standard InChI is InChI=1S/C5H11.Fe.HO2P/c1-3-5-4-2;;1-3-2/h1,3-5H2,2H3;;(H,1,2)/q-1;+2;. The van der Waals surface area contributed by atoms with Crippen molar-refractivity contribution in [1.82, 2.24) is 0 Å². The zero-order valence-electron chi connectivity index (χ0n) is 5.48. The van der Waals surface area contributed by atoms with E-state index >= 15 is 0 Å². The Labute approximate surface area is 68.8 Å². The second-order valence-electron chi connectivity index (χ2n) is 1.29. The molecule has 0 aromatic heterocycles. The first-order valence-electron chi connectivity index (χ1n) is 2.59. The molecule has 0 unspecified atom stereocenters. The maximum absolute atomic E-state index is 8.46. The van der Waals surface area contributed by atoms with E-state index in [2.05, 4.69) is 13.8 Å². The van der Waals surface area contributed by atoms with Gasteiger partial charge in [-0.15, -0.1) is 0 Å². The van der Waals surface area contributed by atoms with Crippen LogP contribution in [0.4, 0.5) is 0 Å². The smallest absolute Gasteiger partial charge is 0.343 e. The van der Waals surface area contributed by atoms with Gasteiger partial charge < -0.3 is 11.8 Å². The van der Waals surface area contributed by atoms with Crippen molar-refractivity contribution in [2.75, 3.05) is 0 Å². The molecule has 0 atom stereocenters. The molecule has 56 valence electrons. The molecule has 1 N–H and O–H groups in total. The average Bonchev–Trinajstić information content (AvgIpc) is 1.71. The van der Waals surface area contributed by atoms with Gasteiger partial charge in [0.05, 0.1) is 0 Å². The van der Waals surface area contributed by atoms with E-state index < -0.39 is 8.69 Å². The van der Waals surface area contributed by atoms with Crippen LogP contribution in [0.3, 0.4) is 0 Å². The molecular weight excluding hydrogens is 179 g/mol. The quantitative estimate of drug-likeness (QED) is 0.412. The summed E-state index contributed by atoms with van der Waals surface area (Å²) in [6.45, 7) is 5.85.